The number of methoxy groups -OCH3 is 1. The molecule has 0 radical (unpaired) electrons. The number of rotatable bonds is 4. The maximum atomic E-state index is 12.9. The van der Waals surface area contributed by atoms with E-state index in [1.165, 1.54) is 0 Å². The number of hydrogen-bond donors (Lipinski definition) is 3. The van der Waals surface area contributed by atoms with Crippen LogP contribution >= 0.6 is 11.6 Å². The van der Waals surface area contributed by atoms with Gasteiger partial charge in [0.05, 0.1) is 59.6 Å². The molecule has 1 amide bonds. The maximum absolute atomic E-state index is 12.9. The van der Waals surface area contributed by atoms with Crippen molar-refractivity contribution in [3.63, 3.8) is 0 Å². The molecule has 1 aromatic carbocycles. The van der Waals surface area contributed by atoms with Crippen molar-refractivity contribution in [3.8, 4) is 28.8 Å². The van der Waals surface area contributed by atoms with Gasteiger partial charge in [-0.15, -0.1) is 0 Å². The molecule has 1 fully saturated rings. The largest absolute Gasteiger partial charge is 0.493 e. The molecule has 180 valence electrons. The van der Waals surface area contributed by atoms with Crippen molar-refractivity contribution in [1.82, 2.24) is 20.2 Å². The van der Waals surface area contributed by atoms with Crippen LogP contribution in [0.3, 0.4) is 0 Å². The number of anilines is 2. The van der Waals surface area contributed by atoms with Crippen LogP contribution in [-0.2, 0) is 11.2 Å². The lowest BCUT2D eigenvalue weighted by Gasteiger charge is -2.28. The zero-order valence-corrected chi connectivity index (χ0v) is 20.3. The van der Waals surface area contributed by atoms with E-state index in [-0.39, 0.29) is 11.9 Å². The minimum Gasteiger partial charge on any atom is -0.493 e. The zero-order chi connectivity index (χ0) is 24.4. The van der Waals surface area contributed by atoms with Gasteiger partial charge in [-0.2, -0.15) is 0 Å². The molecule has 0 bridgehead atoms. The van der Waals surface area contributed by atoms with E-state index < -0.39 is 0 Å². The van der Waals surface area contributed by atoms with Gasteiger partial charge in [0, 0.05) is 43.2 Å². The number of carbonyl (C=O) groups is 1. The summed E-state index contributed by atoms with van der Waals surface area (Å²) in [6.07, 6.45) is 4.16. The van der Waals surface area contributed by atoms with Crippen molar-refractivity contribution >= 4 is 28.9 Å². The molecular weight excluding hydrogens is 466 g/mol. The highest BCUT2D eigenvalue weighted by molar-refractivity contribution is 6.32. The number of H-pyrrole nitrogens is 1. The van der Waals surface area contributed by atoms with Crippen molar-refractivity contribution < 1.29 is 14.3 Å². The third-order valence-corrected chi connectivity index (χ3v) is 6.55. The molecule has 9 heteroatoms. The molecule has 0 aliphatic carbocycles. The Kier molecular flexibility index (Phi) is 6.64. The molecule has 8 nitrogen and oxygen atoms in total. The molecule has 1 atom stereocenters. The number of aromatic nitrogens is 2. The Balaban J connectivity index is 1.62. The lowest BCUT2D eigenvalue weighted by molar-refractivity contribution is 0.0267. The number of aromatic amines is 1. The average molecular weight is 492 g/mol. The number of nitrogens with zero attached hydrogens (tertiary/aromatic N) is 2. The maximum Gasteiger partial charge on any atom is 0.255 e. The fourth-order valence-electron chi connectivity index (χ4n) is 4.37. The van der Waals surface area contributed by atoms with Crippen LogP contribution in [0.4, 0.5) is 11.4 Å². The van der Waals surface area contributed by atoms with Gasteiger partial charge in [-0.25, -0.2) is 0 Å². The number of amides is 1. The van der Waals surface area contributed by atoms with Crippen LogP contribution < -0.4 is 15.4 Å². The summed E-state index contributed by atoms with van der Waals surface area (Å²) < 4.78 is 11.1. The van der Waals surface area contributed by atoms with E-state index in [4.69, 9.17) is 21.1 Å². The van der Waals surface area contributed by atoms with Gasteiger partial charge in [0.25, 0.3) is 5.91 Å². The number of hydrogen-bond acceptors (Lipinski definition) is 6. The second-order valence-corrected chi connectivity index (χ2v) is 8.85. The topological polar surface area (TPSA) is 91.5 Å². The molecule has 3 N–H and O–H groups in total. The van der Waals surface area contributed by atoms with Gasteiger partial charge in [0.2, 0.25) is 0 Å². The van der Waals surface area contributed by atoms with Crippen molar-refractivity contribution in [2.24, 2.45) is 0 Å². The standard InChI is InChI=1S/C26H26ClN5O3/c1-32-12-13-35-15-17(32)7-6-16-14-28-10-8-18(16)23-24(22-20(30-23)9-11-29-26(22)33)31-21-5-3-4-19(27)25(21)34-2/h3-5,8,10,14,17,30-31H,9,11-13,15H2,1-2H3,(H,29,33). The summed E-state index contributed by atoms with van der Waals surface area (Å²) in [4.78, 5) is 22.9. The predicted molar refractivity (Wildman–Crippen MR) is 135 cm³/mol. The number of fused-ring (bicyclic) bond motifs is 1. The summed E-state index contributed by atoms with van der Waals surface area (Å²) in [5, 5.41) is 6.83. The van der Waals surface area contributed by atoms with Crippen LogP contribution in [0, 0.1) is 11.8 Å². The second kappa shape index (κ2) is 10.0. The summed E-state index contributed by atoms with van der Waals surface area (Å²) in [7, 11) is 3.61. The van der Waals surface area contributed by atoms with E-state index >= 15 is 0 Å². The van der Waals surface area contributed by atoms with E-state index in [0.717, 1.165) is 29.1 Å². The molecular formula is C26H26ClN5O3. The quantitative estimate of drug-likeness (QED) is 0.484. The molecule has 0 saturated carbocycles. The Morgan fingerprint density at radius 3 is 3.06 bits per heavy atom. The van der Waals surface area contributed by atoms with Crippen LogP contribution in [-0.4, -0.2) is 67.3 Å². The number of morpholine rings is 1. The number of halogens is 1. The molecule has 2 aromatic heterocycles. The van der Waals surface area contributed by atoms with Crippen molar-refractivity contribution in [2.75, 3.05) is 45.8 Å². The molecule has 1 saturated heterocycles. The van der Waals surface area contributed by atoms with Gasteiger partial charge in [-0.05, 0) is 25.2 Å². The Bertz CT molecular complexity index is 1330. The average Bonchev–Trinajstić information content (AvgIpc) is 3.23. The van der Waals surface area contributed by atoms with Crippen molar-refractivity contribution in [1.29, 1.82) is 0 Å². The molecule has 1 unspecified atom stereocenters. The lowest BCUT2D eigenvalue weighted by atomic mass is 10.0. The summed E-state index contributed by atoms with van der Waals surface area (Å²) >= 11 is 6.36. The van der Waals surface area contributed by atoms with Gasteiger partial charge in [-0.1, -0.05) is 29.5 Å². The van der Waals surface area contributed by atoms with Crippen molar-refractivity contribution in [3.05, 3.63) is 58.5 Å². The SMILES string of the molecule is COc1c(Cl)cccc1Nc1c(-c2ccncc2C#CC2COCCN2C)[nH]c2c1C(=O)NCC2. The molecule has 35 heavy (non-hydrogen) atoms. The third-order valence-electron chi connectivity index (χ3n) is 6.26. The van der Waals surface area contributed by atoms with E-state index in [9.17, 15) is 4.79 Å². The van der Waals surface area contributed by atoms with Gasteiger partial charge in [0.15, 0.2) is 5.75 Å². The van der Waals surface area contributed by atoms with Gasteiger partial charge in [-0.3, -0.25) is 14.7 Å². The zero-order valence-electron chi connectivity index (χ0n) is 19.6. The smallest absolute Gasteiger partial charge is 0.255 e. The Hall–Kier alpha value is -3.51. The summed E-state index contributed by atoms with van der Waals surface area (Å²) in [5.74, 6) is 6.98. The first kappa shape index (κ1) is 23.2. The number of likely N-dealkylation sites (N-methyl/N-ethyl adjacent to an activating group) is 1. The third kappa shape index (κ3) is 4.58. The predicted octanol–water partition coefficient (Wildman–Crippen LogP) is 3.45. The van der Waals surface area contributed by atoms with Crippen LogP contribution in [0.15, 0.2) is 36.7 Å². The fourth-order valence-corrected chi connectivity index (χ4v) is 4.62. The number of nitrogens with one attached hydrogen (secondary N) is 3. The monoisotopic (exact) mass is 491 g/mol. The van der Waals surface area contributed by atoms with E-state index in [1.807, 2.05) is 25.2 Å². The summed E-state index contributed by atoms with van der Waals surface area (Å²) in [5.41, 5.74) is 5.10. The normalized spacial score (nSPS) is 17.7. The Morgan fingerprint density at radius 2 is 2.23 bits per heavy atom. The fraction of sp³-hybridized carbons (Fsp3) is 0.308. The molecule has 3 aromatic rings. The van der Waals surface area contributed by atoms with E-state index in [2.05, 4.69) is 37.3 Å². The van der Waals surface area contributed by atoms with Crippen LogP contribution in [0.25, 0.3) is 11.3 Å². The molecule has 5 rings (SSSR count). The van der Waals surface area contributed by atoms with Gasteiger partial charge in [0.1, 0.15) is 0 Å². The first-order valence-corrected chi connectivity index (χ1v) is 11.8. The minimum absolute atomic E-state index is 0.00717. The molecule has 2 aliphatic rings. The highest BCUT2D eigenvalue weighted by atomic mass is 35.5. The lowest BCUT2D eigenvalue weighted by Crippen LogP contribution is -2.41. The highest BCUT2D eigenvalue weighted by Crippen LogP contribution is 2.41. The Morgan fingerprint density at radius 1 is 1.34 bits per heavy atom. The summed E-state index contributed by atoms with van der Waals surface area (Å²) in [6, 6.07) is 7.36. The van der Waals surface area contributed by atoms with Crippen LogP contribution in [0.2, 0.25) is 5.02 Å². The van der Waals surface area contributed by atoms with Crippen molar-refractivity contribution in [2.45, 2.75) is 12.5 Å². The summed E-state index contributed by atoms with van der Waals surface area (Å²) in [6.45, 7) is 2.69. The second-order valence-electron chi connectivity index (χ2n) is 8.44. The number of carbonyl (C=O) groups excluding carboxylic acids is 1. The minimum atomic E-state index is -0.139. The Labute approximate surface area is 209 Å². The number of para-hydroxylation sites is 1. The van der Waals surface area contributed by atoms with E-state index in [0.29, 0.717) is 53.9 Å². The number of pyridine rings is 1. The first-order valence-electron chi connectivity index (χ1n) is 11.4. The van der Waals surface area contributed by atoms with E-state index in [1.54, 1.807) is 25.6 Å². The van der Waals surface area contributed by atoms with Gasteiger partial charge < -0.3 is 25.1 Å². The van der Waals surface area contributed by atoms with Gasteiger partial charge >= 0.3 is 0 Å². The molecule has 2 aliphatic heterocycles. The van der Waals surface area contributed by atoms with Crippen LogP contribution in [0.1, 0.15) is 21.6 Å². The number of ether oxygens (including phenoxy) is 2. The molecule has 4 heterocycles. The highest BCUT2D eigenvalue weighted by Gasteiger charge is 2.28. The number of benzene rings is 1. The molecule has 0 spiro atoms. The van der Waals surface area contributed by atoms with Crippen LogP contribution in [0.5, 0.6) is 5.75 Å². The first-order chi connectivity index (χ1) is 17.1.